The molecule has 2 heterocycles. The Morgan fingerprint density at radius 3 is 2.48 bits per heavy atom. The fourth-order valence-electron chi connectivity index (χ4n) is 3.21. The number of hydrogen-bond donors (Lipinski definition) is 1. The van der Waals surface area contributed by atoms with E-state index in [1.165, 1.54) is 25.0 Å². The summed E-state index contributed by atoms with van der Waals surface area (Å²) in [4.78, 5) is 17.7. The fraction of sp³-hybridized carbons (Fsp3) is 0.348. The van der Waals surface area contributed by atoms with E-state index < -0.39 is 0 Å². The van der Waals surface area contributed by atoms with Gasteiger partial charge < -0.3 is 5.32 Å². The predicted octanol–water partition coefficient (Wildman–Crippen LogP) is 4.69. The zero-order valence-electron chi connectivity index (χ0n) is 16.9. The number of pyridine rings is 1. The van der Waals surface area contributed by atoms with Gasteiger partial charge in [-0.15, -0.1) is 0 Å². The minimum atomic E-state index is -0.357. The molecule has 0 atom stereocenters. The van der Waals surface area contributed by atoms with Gasteiger partial charge in [-0.1, -0.05) is 0 Å². The molecule has 0 saturated heterocycles. The van der Waals surface area contributed by atoms with Crippen LogP contribution in [0.1, 0.15) is 44.0 Å². The van der Waals surface area contributed by atoms with Gasteiger partial charge in [0.1, 0.15) is 5.82 Å². The summed E-state index contributed by atoms with van der Waals surface area (Å²) in [5, 5.41) is 7.45. The molecule has 5 nitrogen and oxygen atoms in total. The summed E-state index contributed by atoms with van der Waals surface area (Å²) in [5.74, 6) is 0.188. The van der Waals surface area contributed by atoms with Crippen LogP contribution < -0.4 is 5.32 Å². The molecule has 1 aliphatic rings. The van der Waals surface area contributed by atoms with Gasteiger partial charge >= 0.3 is 0 Å². The Morgan fingerprint density at radius 2 is 1.83 bits per heavy atom. The lowest BCUT2D eigenvalue weighted by atomic mass is 10.0. The van der Waals surface area contributed by atoms with Gasteiger partial charge in [0, 0.05) is 29.4 Å². The van der Waals surface area contributed by atoms with Crippen LogP contribution in [0.3, 0.4) is 0 Å². The number of halogens is 1. The molecule has 1 aromatic carbocycles. The van der Waals surface area contributed by atoms with Crippen LogP contribution in [0, 0.1) is 11.7 Å². The van der Waals surface area contributed by atoms with Gasteiger partial charge in [-0.05, 0) is 82.0 Å². The Labute approximate surface area is 170 Å². The maximum absolute atomic E-state index is 13.4. The van der Waals surface area contributed by atoms with Crippen molar-refractivity contribution in [2.45, 2.75) is 45.7 Å². The maximum atomic E-state index is 13.4. The lowest BCUT2D eigenvalue weighted by Crippen LogP contribution is -2.40. The number of hydrogen-bond acceptors (Lipinski definition) is 3. The first kappa shape index (κ1) is 19.3. The molecular formula is C23H25FN4O. The van der Waals surface area contributed by atoms with Crippen LogP contribution >= 0.6 is 0 Å². The normalized spacial score (nSPS) is 14.1. The Balaban J connectivity index is 1.78. The largest absolute Gasteiger partial charge is 0.347 e. The number of carbonyl (C=O) groups is 1. The Kier molecular flexibility index (Phi) is 4.94. The summed E-state index contributed by atoms with van der Waals surface area (Å²) in [7, 11) is 0. The van der Waals surface area contributed by atoms with Crippen molar-refractivity contribution in [2.24, 2.45) is 5.92 Å². The quantitative estimate of drug-likeness (QED) is 0.685. The molecule has 0 aliphatic heterocycles. The third-order valence-electron chi connectivity index (χ3n) is 4.82. The van der Waals surface area contributed by atoms with Crippen molar-refractivity contribution in [3.63, 3.8) is 0 Å². The molecule has 0 radical (unpaired) electrons. The van der Waals surface area contributed by atoms with E-state index in [2.05, 4.69) is 10.4 Å². The minimum absolute atomic E-state index is 0.169. The summed E-state index contributed by atoms with van der Waals surface area (Å²) < 4.78 is 15.3. The molecule has 6 heteroatoms. The topological polar surface area (TPSA) is 59.8 Å². The van der Waals surface area contributed by atoms with Crippen LogP contribution in [0.15, 0.2) is 48.7 Å². The smallest absolute Gasteiger partial charge is 0.251 e. The van der Waals surface area contributed by atoms with E-state index in [0.717, 1.165) is 17.8 Å². The van der Waals surface area contributed by atoms with Crippen molar-refractivity contribution in [1.82, 2.24) is 20.1 Å². The highest BCUT2D eigenvalue weighted by molar-refractivity contribution is 5.96. The van der Waals surface area contributed by atoms with Gasteiger partial charge in [0.25, 0.3) is 5.91 Å². The van der Waals surface area contributed by atoms with Gasteiger partial charge in [0.15, 0.2) is 0 Å². The molecule has 1 N–H and O–H groups in total. The standard InChI is InChI=1S/C23H25FN4O/c1-23(2,3)27-22(29)17-12-19(16-6-8-18(24)9-7-16)26-20(13-17)21-10-11-25-28(21)14-15-4-5-15/h6-13,15H,4-5,14H2,1-3H3,(H,27,29). The third-order valence-corrected chi connectivity index (χ3v) is 4.82. The summed E-state index contributed by atoms with van der Waals surface area (Å²) in [6.07, 6.45) is 4.21. The van der Waals surface area contributed by atoms with E-state index in [1.54, 1.807) is 30.5 Å². The van der Waals surface area contributed by atoms with Crippen molar-refractivity contribution < 1.29 is 9.18 Å². The van der Waals surface area contributed by atoms with E-state index in [0.29, 0.717) is 22.9 Å². The first-order chi connectivity index (χ1) is 13.8. The number of nitrogens with zero attached hydrogens (tertiary/aromatic N) is 3. The zero-order chi connectivity index (χ0) is 20.6. The molecule has 4 rings (SSSR count). The van der Waals surface area contributed by atoms with Crippen molar-refractivity contribution >= 4 is 5.91 Å². The number of nitrogens with one attached hydrogen (secondary N) is 1. The summed E-state index contributed by atoms with van der Waals surface area (Å²) in [6.45, 7) is 6.68. The van der Waals surface area contributed by atoms with Gasteiger partial charge in [0.05, 0.1) is 17.1 Å². The third kappa shape index (κ3) is 4.70. The molecule has 0 bridgehead atoms. The van der Waals surface area contributed by atoms with E-state index in [9.17, 15) is 9.18 Å². The molecule has 1 amide bonds. The Bertz CT molecular complexity index is 1030. The van der Waals surface area contributed by atoms with Crippen LogP contribution in [0.5, 0.6) is 0 Å². The zero-order valence-corrected chi connectivity index (χ0v) is 16.9. The van der Waals surface area contributed by atoms with Crippen molar-refractivity contribution in [2.75, 3.05) is 0 Å². The predicted molar refractivity (Wildman–Crippen MR) is 111 cm³/mol. The lowest BCUT2D eigenvalue weighted by Gasteiger charge is -2.21. The van der Waals surface area contributed by atoms with E-state index in [4.69, 9.17) is 4.98 Å². The molecule has 150 valence electrons. The molecule has 29 heavy (non-hydrogen) atoms. The van der Waals surface area contributed by atoms with Crippen LogP contribution in [0.25, 0.3) is 22.6 Å². The molecular weight excluding hydrogens is 367 g/mol. The minimum Gasteiger partial charge on any atom is -0.347 e. The molecule has 0 unspecified atom stereocenters. The second-order valence-corrected chi connectivity index (χ2v) is 8.68. The van der Waals surface area contributed by atoms with E-state index in [1.807, 2.05) is 31.5 Å². The average molecular weight is 392 g/mol. The average Bonchev–Trinajstić information content (AvgIpc) is 3.35. The molecule has 2 aromatic heterocycles. The first-order valence-electron chi connectivity index (χ1n) is 9.91. The molecule has 3 aromatic rings. The summed E-state index contributed by atoms with van der Waals surface area (Å²) in [5.41, 5.74) is 3.11. The van der Waals surface area contributed by atoms with E-state index >= 15 is 0 Å². The van der Waals surface area contributed by atoms with Crippen molar-refractivity contribution in [3.8, 4) is 22.6 Å². The Morgan fingerprint density at radius 1 is 1.14 bits per heavy atom. The van der Waals surface area contributed by atoms with Crippen LogP contribution in [0.4, 0.5) is 4.39 Å². The summed E-state index contributed by atoms with van der Waals surface area (Å²) in [6, 6.07) is 11.6. The van der Waals surface area contributed by atoms with Crippen LogP contribution in [0.2, 0.25) is 0 Å². The van der Waals surface area contributed by atoms with Crippen LogP contribution in [-0.4, -0.2) is 26.2 Å². The second kappa shape index (κ2) is 7.43. The lowest BCUT2D eigenvalue weighted by molar-refractivity contribution is 0.0919. The van der Waals surface area contributed by atoms with Gasteiger partial charge in [0.2, 0.25) is 0 Å². The van der Waals surface area contributed by atoms with Gasteiger partial charge in [-0.25, -0.2) is 9.37 Å². The fourth-order valence-corrected chi connectivity index (χ4v) is 3.21. The Hall–Kier alpha value is -3.02. The maximum Gasteiger partial charge on any atom is 0.251 e. The SMILES string of the molecule is CC(C)(C)NC(=O)c1cc(-c2ccc(F)cc2)nc(-c2ccnn2CC2CC2)c1. The molecule has 1 fully saturated rings. The van der Waals surface area contributed by atoms with Gasteiger partial charge in [-0.2, -0.15) is 5.10 Å². The summed E-state index contributed by atoms with van der Waals surface area (Å²) >= 11 is 0. The highest BCUT2D eigenvalue weighted by atomic mass is 19.1. The second-order valence-electron chi connectivity index (χ2n) is 8.68. The molecule has 1 aliphatic carbocycles. The first-order valence-corrected chi connectivity index (χ1v) is 9.91. The highest BCUT2D eigenvalue weighted by Crippen LogP contribution is 2.32. The number of amides is 1. The van der Waals surface area contributed by atoms with Gasteiger partial charge in [-0.3, -0.25) is 9.48 Å². The highest BCUT2D eigenvalue weighted by Gasteiger charge is 2.24. The number of aromatic nitrogens is 3. The van der Waals surface area contributed by atoms with E-state index in [-0.39, 0.29) is 17.3 Å². The number of benzene rings is 1. The molecule has 1 saturated carbocycles. The van der Waals surface area contributed by atoms with Crippen molar-refractivity contribution in [1.29, 1.82) is 0 Å². The monoisotopic (exact) mass is 392 g/mol. The van der Waals surface area contributed by atoms with Crippen LogP contribution in [-0.2, 0) is 6.54 Å². The van der Waals surface area contributed by atoms with Crippen molar-refractivity contribution in [3.05, 3.63) is 60.0 Å². The number of carbonyl (C=O) groups excluding carboxylic acids is 1. The molecule has 0 spiro atoms. The number of rotatable bonds is 5.